The fourth-order valence-electron chi connectivity index (χ4n) is 3.61. The number of carbonyl (C=O) groups excluding carboxylic acids is 1. The average Bonchev–Trinajstić information content (AvgIpc) is 2.74. The summed E-state index contributed by atoms with van der Waals surface area (Å²) in [6.45, 7) is 4.87. The quantitative estimate of drug-likeness (QED) is 0.551. The molecule has 7 nitrogen and oxygen atoms in total. The van der Waals surface area contributed by atoms with Crippen LogP contribution < -0.4 is 10.0 Å². The Morgan fingerprint density at radius 1 is 1.10 bits per heavy atom. The number of hydrogen-bond donors (Lipinski definition) is 3. The minimum absolute atomic E-state index is 0.0408. The molecule has 2 aromatic rings. The van der Waals surface area contributed by atoms with E-state index >= 15 is 0 Å². The summed E-state index contributed by atoms with van der Waals surface area (Å²) in [6, 6.07) is 14.6. The first kappa shape index (κ1) is 23.2. The van der Waals surface area contributed by atoms with E-state index in [9.17, 15) is 18.3 Å². The highest BCUT2D eigenvalue weighted by Gasteiger charge is 2.17. The maximum Gasteiger partial charge on any atom is 0.251 e. The Balaban J connectivity index is 1.52. The lowest BCUT2D eigenvalue weighted by Gasteiger charge is -2.29. The van der Waals surface area contributed by atoms with Gasteiger partial charge in [-0.05, 0) is 48.6 Å². The molecule has 1 aliphatic rings. The van der Waals surface area contributed by atoms with Crippen molar-refractivity contribution in [3.05, 3.63) is 65.2 Å². The molecule has 0 radical (unpaired) electrons. The standard InChI is InChI=1S/C23H31N3O4S/c1-2-14-31(29,30)25-21-5-3-4-20(15-21)23(28)24-16-18-6-8-19(9-7-18)17-26-12-10-22(27)11-13-26/h3-9,15,22,25,27H,2,10-14,16-17H2,1H3,(H,24,28). The summed E-state index contributed by atoms with van der Waals surface area (Å²) < 4.78 is 26.4. The smallest absolute Gasteiger partial charge is 0.251 e. The molecule has 8 heteroatoms. The van der Waals surface area contributed by atoms with Gasteiger partial charge in [0.05, 0.1) is 11.9 Å². The molecule has 1 amide bonds. The number of aliphatic hydroxyl groups is 1. The lowest BCUT2D eigenvalue weighted by Crippen LogP contribution is -2.35. The lowest BCUT2D eigenvalue weighted by molar-refractivity contribution is 0.0792. The van der Waals surface area contributed by atoms with Crippen molar-refractivity contribution in [1.82, 2.24) is 10.2 Å². The number of hydrogen-bond acceptors (Lipinski definition) is 5. The van der Waals surface area contributed by atoms with E-state index in [2.05, 4.69) is 27.1 Å². The van der Waals surface area contributed by atoms with Crippen LogP contribution in [0.25, 0.3) is 0 Å². The van der Waals surface area contributed by atoms with Crippen LogP contribution in [-0.4, -0.2) is 49.3 Å². The van der Waals surface area contributed by atoms with E-state index in [0.717, 1.165) is 38.0 Å². The summed E-state index contributed by atoms with van der Waals surface area (Å²) in [5.41, 5.74) is 2.99. The number of amides is 1. The normalized spacial score (nSPS) is 15.5. The summed E-state index contributed by atoms with van der Waals surface area (Å²) in [4.78, 5) is 14.8. The zero-order valence-corrected chi connectivity index (χ0v) is 18.7. The number of nitrogens with zero attached hydrogens (tertiary/aromatic N) is 1. The summed E-state index contributed by atoms with van der Waals surface area (Å²) in [5.74, 6) is -0.216. The van der Waals surface area contributed by atoms with Crippen LogP contribution in [0, 0.1) is 0 Å². The highest BCUT2D eigenvalue weighted by molar-refractivity contribution is 7.92. The molecule has 31 heavy (non-hydrogen) atoms. The zero-order chi connectivity index (χ0) is 22.3. The molecule has 1 saturated heterocycles. The van der Waals surface area contributed by atoms with Crippen LogP contribution in [0.15, 0.2) is 48.5 Å². The monoisotopic (exact) mass is 445 g/mol. The largest absolute Gasteiger partial charge is 0.393 e. The predicted octanol–water partition coefficient (Wildman–Crippen LogP) is 2.73. The Labute approximate surface area is 184 Å². The van der Waals surface area contributed by atoms with Crippen LogP contribution in [0.2, 0.25) is 0 Å². The van der Waals surface area contributed by atoms with Gasteiger partial charge in [0.2, 0.25) is 10.0 Å². The summed E-state index contributed by atoms with van der Waals surface area (Å²) in [5, 5.41) is 12.5. The van der Waals surface area contributed by atoms with Gasteiger partial charge in [-0.2, -0.15) is 0 Å². The van der Waals surface area contributed by atoms with Gasteiger partial charge in [-0.3, -0.25) is 14.4 Å². The lowest BCUT2D eigenvalue weighted by atomic mass is 10.1. The Morgan fingerprint density at radius 3 is 2.45 bits per heavy atom. The number of benzene rings is 2. The molecule has 2 aromatic carbocycles. The van der Waals surface area contributed by atoms with E-state index in [1.165, 1.54) is 5.56 Å². The maximum absolute atomic E-state index is 12.5. The van der Waals surface area contributed by atoms with Gasteiger partial charge < -0.3 is 10.4 Å². The SMILES string of the molecule is CCCS(=O)(=O)Nc1cccc(C(=O)NCc2ccc(CN3CCC(O)CC3)cc2)c1. The predicted molar refractivity (Wildman–Crippen MR) is 122 cm³/mol. The number of piperidine rings is 1. The topological polar surface area (TPSA) is 98.7 Å². The third-order valence-corrected chi connectivity index (χ3v) is 6.80. The second-order valence-corrected chi connectivity index (χ2v) is 9.85. The molecule has 3 N–H and O–H groups in total. The van der Waals surface area contributed by atoms with E-state index in [1.807, 2.05) is 12.1 Å². The van der Waals surface area contributed by atoms with Gasteiger partial charge in [0.1, 0.15) is 0 Å². The Kier molecular flexibility index (Phi) is 8.06. The molecule has 1 heterocycles. The third kappa shape index (κ3) is 7.34. The summed E-state index contributed by atoms with van der Waals surface area (Å²) >= 11 is 0. The van der Waals surface area contributed by atoms with Gasteiger partial charge in [-0.15, -0.1) is 0 Å². The molecular weight excluding hydrogens is 414 g/mol. The molecule has 0 atom stereocenters. The van der Waals surface area contributed by atoms with Crippen molar-refractivity contribution in [2.24, 2.45) is 0 Å². The number of likely N-dealkylation sites (tertiary alicyclic amines) is 1. The first-order chi connectivity index (χ1) is 14.8. The van der Waals surface area contributed by atoms with Crippen molar-refractivity contribution in [1.29, 1.82) is 0 Å². The first-order valence-electron chi connectivity index (χ1n) is 10.7. The third-order valence-electron chi connectivity index (χ3n) is 5.31. The minimum Gasteiger partial charge on any atom is -0.393 e. The van der Waals surface area contributed by atoms with Crippen LogP contribution in [-0.2, 0) is 23.1 Å². The van der Waals surface area contributed by atoms with Crippen molar-refractivity contribution < 1.29 is 18.3 Å². The van der Waals surface area contributed by atoms with Crippen molar-refractivity contribution in [2.45, 2.75) is 45.4 Å². The molecule has 0 aromatic heterocycles. The molecule has 3 rings (SSSR count). The number of rotatable bonds is 9. The number of aliphatic hydroxyl groups excluding tert-OH is 1. The molecule has 1 aliphatic heterocycles. The van der Waals surface area contributed by atoms with Crippen LogP contribution >= 0.6 is 0 Å². The molecular formula is C23H31N3O4S. The van der Waals surface area contributed by atoms with Crippen molar-refractivity contribution >= 4 is 21.6 Å². The summed E-state index contributed by atoms with van der Waals surface area (Å²) in [6.07, 6.45) is 2.01. The van der Waals surface area contributed by atoms with E-state index in [4.69, 9.17) is 0 Å². The van der Waals surface area contributed by atoms with Crippen molar-refractivity contribution in [2.75, 3.05) is 23.6 Å². The molecule has 168 valence electrons. The van der Waals surface area contributed by atoms with Crippen LogP contribution in [0.3, 0.4) is 0 Å². The highest BCUT2D eigenvalue weighted by atomic mass is 32.2. The number of anilines is 1. The van der Waals surface area contributed by atoms with Gasteiger partial charge in [-0.1, -0.05) is 37.3 Å². The molecule has 0 saturated carbocycles. The van der Waals surface area contributed by atoms with Crippen LogP contribution in [0.4, 0.5) is 5.69 Å². The van der Waals surface area contributed by atoms with Gasteiger partial charge in [0, 0.05) is 37.4 Å². The van der Waals surface area contributed by atoms with E-state index in [0.29, 0.717) is 24.2 Å². The number of carbonyl (C=O) groups is 1. The number of sulfonamides is 1. The second kappa shape index (κ2) is 10.7. The van der Waals surface area contributed by atoms with E-state index in [1.54, 1.807) is 31.2 Å². The molecule has 0 unspecified atom stereocenters. The van der Waals surface area contributed by atoms with Crippen molar-refractivity contribution in [3.8, 4) is 0 Å². The fourth-order valence-corrected chi connectivity index (χ4v) is 4.73. The molecule has 0 aliphatic carbocycles. The molecule has 0 spiro atoms. The van der Waals surface area contributed by atoms with Gasteiger partial charge in [0.15, 0.2) is 0 Å². The zero-order valence-electron chi connectivity index (χ0n) is 17.9. The molecule has 1 fully saturated rings. The fraction of sp³-hybridized carbons (Fsp3) is 0.435. The Bertz CT molecular complexity index is 969. The average molecular weight is 446 g/mol. The summed E-state index contributed by atoms with van der Waals surface area (Å²) in [7, 11) is -3.40. The van der Waals surface area contributed by atoms with E-state index < -0.39 is 10.0 Å². The Morgan fingerprint density at radius 2 is 1.77 bits per heavy atom. The van der Waals surface area contributed by atoms with E-state index in [-0.39, 0.29) is 17.8 Å². The van der Waals surface area contributed by atoms with Crippen molar-refractivity contribution in [3.63, 3.8) is 0 Å². The van der Waals surface area contributed by atoms with Crippen LogP contribution in [0.1, 0.15) is 47.7 Å². The van der Waals surface area contributed by atoms with Crippen LogP contribution in [0.5, 0.6) is 0 Å². The first-order valence-corrected chi connectivity index (χ1v) is 12.4. The second-order valence-electron chi connectivity index (χ2n) is 8.01. The maximum atomic E-state index is 12.5. The molecule has 0 bridgehead atoms. The van der Waals surface area contributed by atoms with Gasteiger partial charge in [0.25, 0.3) is 5.91 Å². The van der Waals surface area contributed by atoms with Gasteiger partial charge >= 0.3 is 0 Å². The Hall–Kier alpha value is -2.42. The van der Waals surface area contributed by atoms with Gasteiger partial charge in [-0.25, -0.2) is 8.42 Å². The highest BCUT2D eigenvalue weighted by Crippen LogP contribution is 2.15. The number of nitrogens with one attached hydrogen (secondary N) is 2. The minimum atomic E-state index is -3.40.